The van der Waals surface area contributed by atoms with Crippen LogP contribution in [0.1, 0.15) is 58.6 Å². The largest absolute Gasteiger partial charge is 0.339 e. The van der Waals surface area contributed by atoms with Gasteiger partial charge in [0.2, 0.25) is 0 Å². The second-order valence-electron chi connectivity index (χ2n) is 9.36. The highest BCUT2D eigenvalue weighted by Crippen LogP contribution is 2.30. The van der Waals surface area contributed by atoms with Crippen molar-refractivity contribution in [2.24, 2.45) is 0 Å². The number of nitrogens with one attached hydrogen (secondary N) is 1. The van der Waals surface area contributed by atoms with E-state index < -0.39 is 0 Å². The molecule has 2 aromatic heterocycles. The van der Waals surface area contributed by atoms with Gasteiger partial charge in [-0.2, -0.15) is 5.10 Å². The lowest BCUT2D eigenvalue weighted by Gasteiger charge is -2.32. The molecule has 0 aliphatic carbocycles. The molecule has 4 heterocycles. The topological polar surface area (TPSA) is 70.0 Å². The maximum atomic E-state index is 12.9. The molecule has 0 spiro atoms. The van der Waals surface area contributed by atoms with Crippen molar-refractivity contribution in [1.82, 2.24) is 19.4 Å². The van der Waals surface area contributed by atoms with Crippen LogP contribution in [-0.4, -0.2) is 57.5 Å². The SMILES string of the molecule is Cc1ccc(NC(=O)N2CCC(c3ccn4ncc(C(=O)N5CCCC5)c4c3)CC2)c(C)c1. The number of amides is 3. The molecule has 2 aliphatic heterocycles. The van der Waals surface area contributed by atoms with E-state index in [1.165, 1.54) is 11.1 Å². The molecular weight excluding hydrogens is 414 g/mol. The third-order valence-electron chi connectivity index (χ3n) is 7.05. The minimum Gasteiger partial charge on any atom is -0.339 e. The standard InChI is InChI=1S/C26H31N5O2/c1-18-5-6-23(19(2)15-18)28-26(33)30-12-7-20(8-13-30)21-9-14-31-24(16-21)22(17-27-31)25(32)29-10-3-4-11-29/h5-6,9,14-17,20H,3-4,7-8,10-13H2,1-2H3,(H,28,33). The molecule has 33 heavy (non-hydrogen) atoms. The number of carbonyl (C=O) groups is 2. The first-order chi connectivity index (χ1) is 16.0. The molecule has 3 aromatic rings. The number of nitrogens with zero attached hydrogens (tertiary/aromatic N) is 4. The third-order valence-corrected chi connectivity index (χ3v) is 7.05. The summed E-state index contributed by atoms with van der Waals surface area (Å²) in [7, 11) is 0. The molecule has 3 amide bonds. The predicted molar refractivity (Wildman–Crippen MR) is 129 cm³/mol. The summed E-state index contributed by atoms with van der Waals surface area (Å²) in [6, 6.07) is 10.2. The molecular formula is C26H31N5O2. The number of fused-ring (bicyclic) bond motifs is 1. The Morgan fingerprint density at radius 3 is 2.45 bits per heavy atom. The van der Waals surface area contributed by atoms with Gasteiger partial charge in [0.25, 0.3) is 5.91 Å². The number of likely N-dealkylation sites (tertiary alicyclic amines) is 2. The van der Waals surface area contributed by atoms with Gasteiger partial charge < -0.3 is 15.1 Å². The minimum atomic E-state index is -0.0369. The number of urea groups is 1. The van der Waals surface area contributed by atoms with Crippen LogP contribution in [0.4, 0.5) is 10.5 Å². The van der Waals surface area contributed by atoms with Crippen LogP contribution < -0.4 is 5.32 Å². The summed E-state index contributed by atoms with van der Waals surface area (Å²) in [6.07, 6.45) is 7.60. The number of anilines is 1. The highest BCUT2D eigenvalue weighted by atomic mass is 16.2. The van der Waals surface area contributed by atoms with Crippen LogP contribution in [0.3, 0.4) is 0 Å². The van der Waals surface area contributed by atoms with E-state index in [1.807, 2.05) is 35.1 Å². The molecule has 172 valence electrons. The van der Waals surface area contributed by atoms with Gasteiger partial charge in [0, 0.05) is 38.1 Å². The van der Waals surface area contributed by atoms with Gasteiger partial charge in [-0.1, -0.05) is 17.7 Å². The number of aryl methyl sites for hydroxylation is 2. The first-order valence-corrected chi connectivity index (χ1v) is 11.9. The van der Waals surface area contributed by atoms with E-state index in [4.69, 9.17) is 0 Å². The van der Waals surface area contributed by atoms with Crippen molar-refractivity contribution in [1.29, 1.82) is 0 Å². The summed E-state index contributed by atoms with van der Waals surface area (Å²) >= 11 is 0. The number of hydrogen-bond acceptors (Lipinski definition) is 3. The molecule has 7 heteroatoms. The minimum absolute atomic E-state index is 0.0369. The van der Waals surface area contributed by atoms with Crippen LogP contribution in [0.15, 0.2) is 42.7 Å². The van der Waals surface area contributed by atoms with Crippen molar-refractivity contribution in [3.8, 4) is 0 Å². The summed E-state index contributed by atoms with van der Waals surface area (Å²) in [5, 5.41) is 7.46. The first kappa shape index (κ1) is 21.5. The Labute approximate surface area is 194 Å². The maximum absolute atomic E-state index is 12.9. The van der Waals surface area contributed by atoms with Crippen molar-refractivity contribution in [3.63, 3.8) is 0 Å². The highest BCUT2D eigenvalue weighted by Gasteiger charge is 2.26. The number of aromatic nitrogens is 2. The maximum Gasteiger partial charge on any atom is 0.321 e. The molecule has 7 nitrogen and oxygen atoms in total. The Hall–Kier alpha value is -3.35. The zero-order chi connectivity index (χ0) is 22.9. The van der Waals surface area contributed by atoms with Crippen molar-refractivity contribution in [2.45, 2.75) is 45.4 Å². The molecule has 0 atom stereocenters. The molecule has 0 bridgehead atoms. The molecule has 0 radical (unpaired) electrons. The summed E-state index contributed by atoms with van der Waals surface area (Å²) in [5.41, 5.74) is 5.91. The molecule has 5 rings (SSSR count). The number of rotatable bonds is 3. The van der Waals surface area contributed by atoms with Crippen LogP contribution in [0.25, 0.3) is 5.52 Å². The lowest BCUT2D eigenvalue weighted by atomic mass is 9.89. The van der Waals surface area contributed by atoms with Gasteiger partial charge in [-0.3, -0.25) is 4.79 Å². The van der Waals surface area contributed by atoms with Crippen LogP contribution in [0, 0.1) is 13.8 Å². The van der Waals surface area contributed by atoms with Gasteiger partial charge in [0.15, 0.2) is 0 Å². The number of benzene rings is 1. The van der Waals surface area contributed by atoms with Crippen molar-refractivity contribution < 1.29 is 9.59 Å². The fourth-order valence-corrected chi connectivity index (χ4v) is 5.07. The predicted octanol–water partition coefficient (Wildman–Crippen LogP) is 4.60. The molecule has 2 fully saturated rings. The zero-order valence-corrected chi connectivity index (χ0v) is 19.4. The first-order valence-electron chi connectivity index (χ1n) is 11.9. The van der Waals surface area contributed by atoms with E-state index in [1.54, 1.807) is 10.7 Å². The van der Waals surface area contributed by atoms with E-state index in [-0.39, 0.29) is 11.9 Å². The van der Waals surface area contributed by atoms with Gasteiger partial charge in [0.1, 0.15) is 0 Å². The van der Waals surface area contributed by atoms with Crippen LogP contribution in [0.5, 0.6) is 0 Å². The number of piperidine rings is 1. The Balaban J connectivity index is 1.26. The average molecular weight is 446 g/mol. The van der Waals surface area contributed by atoms with Crippen LogP contribution in [-0.2, 0) is 0 Å². The zero-order valence-electron chi connectivity index (χ0n) is 19.4. The Morgan fingerprint density at radius 2 is 1.73 bits per heavy atom. The number of pyridine rings is 1. The molecule has 0 unspecified atom stereocenters. The normalized spacial score (nSPS) is 17.0. The monoisotopic (exact) mass is 445 g/mol. The summed E-state index contributed by atoms with van der Waals surface area (Å²) < 4.78 is 1.79. The van der Waals surface area contributed by atoms with Gasteiger partial charge in [-0.25, -0.2) is 9.31 Å². The Morgan fingerprint density at radius 1 is 0.970 bits per heavy atom. The van der Waals surface area contributed by atoms with Gasteiger partial charge >= 0.3 is 6.03 Å². The second-order valence-corrected chi connectivity index (χ2v) is 9.36. The summed E-state index contributed by atoms with van der Waals surface area (Å²) in [5.74, 6) is 0.447. The van der Waals surface area contributed by atoms with E-state index >= 15 is 0 Å². The molecule has 2 aliphatic rings. The fraction of sp³-hybridized carbons (Fsp3) is 0.423. The number of carbonyl (C=O) groups excluding carboxylic acids is 2. The molecule has 1 aromatic carbocycles. The summed E-state index contributed by atoms with van der Waals surface area (Å²) in [6.45, 7) is 7.16. The van der Waals surface area contributed by atoms with Gasteiger partial charge in [0.05, 0.1) is 17.3 Å². The number of hydrogen-bond donors (Lipinski definition) is 1. The smallest absolute Gasteiger partial charge is 0.321 e. The van der Waals surface area contributed by atoms with Crippen LogP contribution >= 0.6 is 0 Å². The van der Waals surface area contributed by atoms with Crippen LogP contribution in [0.2, 0.25) is 0 Å². The molecule has 0 saturated carbocycles. The second kappa shape index (κ2) is 8.89. The lowest BCUT2D eigenvalue weighted by Crippen LogP contribution is -2.40. The quantitative estimate of drug-likeness (QED) is 0.641. The lowest BCUT2D eigenvalue weighted by molar-refractivity contribution is 0.0794. The highest BCUT2D eigenvalue weighted by molar-refractivity contribution is 6.00. The van der Waals surface area contributed by atoms with Crippen molar-refractivity contribution >= 4 is 23.1 Å². The van der Waals surface area contributed by atoms with E-state index in [0.29, 0.717) is 24.6 Å². The summed E-state index contributed by atoms with van der Waals surface area (Å²) in [4.78, 5) is 29.6. The van der Waals surface area contributed by atoms with E-state index in [2.05, 4.69) is 35.5 Å². The van der Waals surface area contributed by atoms with Crippen molar-refractivity contribution in [2.75, 3.05) is 31.5 Å². The van der Waals surface area contributed by atoms with Crippen molar-refractivity contribution in [3.05, 3.63) is 65.0 Å². The average Bonchev–Trinajstić information content (AvgIpc) is 3.50. The van der Waals surface area contributed by atoms with Gasteiger partial charge in [-0.15, -0.1) is 0 Å². The third kappa shape index (κ3) is 4.32. The molecule has 1 N–H and O–H groups in total. The van der Waals surface area contributed by atoms with E-state index in [9.17, 15) is 9.59 Å². The van der Waals surface area contributed by atoms with E-state index in [0.717, 1.165) is 55.5 Å². The Bertz CT molecular complexity index is 1190. The van der Waals surface area contributed by atoms with Gasteiger partial charge in [-0.05, 0) is 74.8 Å². The fourth-order valence-electron chi connectivity index (χ4n) is 5.07. The Kier molecular flexibility index (Phi) is 5.79. The molecule has 2 saturated heterocycles.